The number of hydrogen-bond acceptors (Lipinski definition) is 3. The minimum Gasteiger partial charge on any atom is -0.149 e. The normalized spacial score (nSPS) is 12.1. The summed E-state index contributed by atoms with van der Waals surface area (Å²) in [4.78, 5) is 0. The fourth-order valence-electron chi connectivity index (χ4n) is 4.08. The summed E-state index contributed by atoms with van der Waals surface area (Å²) in [5.74, 6) is 0. The first-order valence-electron chi connectivity index (χ1n) is 9.61. The number of benzene rings is 4. The van der Waals surface area contributed by atoms with Crippen molar-refractivity contribution in [1.29, 1.82) is 0 Å². The molecule has 0 fully saturated rings. The first-order chi connectivity index (χ1) is 14.4. The molecule has 2 nitrogen and oxygen atoms in total. The van der Waals surface area contributed by atoms with Gasteiger partial charge in [0.2, 0.25) is 0 Å². The largest absolute Gasteiger partial charge is 0.149 e. The molecule has 1 heterocycles. The van der Waals surface area contributed by atoms with Gasteiger partial charge < -0.3 is 0 Å². The molecule has 0 saturated carbocycles. The molecule has 0 spiro atoms. The molecule has 0 atom stereocenters. The molecule has 0 radical (unpaired) electrons. The van der Waals surface area contributed by atoms with E-state index in [4.69, 9.17) is 10.2 Å². The van der Waals surface area contributed by atoms with Gasteiger partial charge in [-0.1, -0.05) is 84.9 Å². The molecule has 1 aliphatic carbocycles. The molecule has 0 N–H and O–H groups in total. The SMILES string of the molecule is c1ccc2c(c1)C(=NN=c1c3ccccc3sc3ccccc13)c1ccccc1-2. The lowest BCUT2D eigenvalue weighted by Gasteiger charge is -2.03. The molecule has 1 aromatic heterocycles. The van der Waals surface area contributed by atoms with E-state index in [2.05, 4.69) is 97.1 Å². The Balaban J connectivity index is 1.69. The quantitative estimate of drug-likeness (QED) is 0.230. The minimum atomic E-state index is 0.935. The van der Waals surface area contributed by atoms with Crippen molar-refractivity contribution in [3.63, 3.8) is 0 Å². The number of rotatable bonds is 1. The van der Waals surface area contributed by atoms with E-state index in [1.807, 2.05) is 0 Å². The summed E-state index contributed by atoms with van der Waals surface area (Å²) in [5, 5.41) is 12.9. The summed E-state index contributed by atoms with van der Waals surface area (Å²) in [6.07, 6.45) is 0. The first-order valence-corrected chi connectivity index (χ1v) is 10.4. The lowest BCUT2D eigenvalue weighted by Crippen LogP contribution is -2.05. The van der Waals surface area contributed by atoms with Crippen molar-refractivity contribution in [2.75, 3.05) is 0 Å². The molecular weight excluding hydrogens is 372 g/mol. The third-order valence-electron chi connectivity index (χ3n) is 5.41. The Morgan fingerprint density at radius 3 is 1.45 bits per heavy atom. The van der Waals surface area contributed by atoms with Gasteiger partial charge in [-0.05, 0) is 23.3 Å². The van der Waals surface area contributed by atoms with E-state index in [1.165, 1.54) is 20.5 Å². The summed E-state index contributed by atoms with van der Waals surface area (Å²) in [6.45, 7) is 0. The lowest BCUT2D eigenvalue weighted by atomic mass is 10.1. The van der Waals surface area contributed by atoms with Crippen molar-refractivity contribution in [2.45, 2.75) is 0 Å². The van der Waals surface area contributed by atoms with E-state index < -0.39 is 0 Å². The van der Waals surface area contributed by atoms with E-state index in [1.54, 1.807) is 11.3 Å². The van der Waals surface area contributed by atoms with Gasteiger partial charge in [-0.3, -0.25) is 0 Å². The van der Waals surface area contributed by atoms with Gasteiger partial charge in [-0.15, -0.1) is 21.5 Å². The highest BCUT2D eigenvalue weighted by Crippen LogP contribution is 2.36. The van der Waals surface area contributed by atoms with Gasteiger partial charge >= 0.3 is 0 Å². The van der Waals surface area contributed by atoms with Crippen LogP contribution in [0.1, 0.15) is 11.1 Å². The van der Waals surface area contributed by atoms with Crippen LogP contribution in [-0.2, 0) is 0 Å². The van der Waals surface area contributed by atoms with E-state index in [-0.39, 0.29) is 0 Å². The molecule has 0 aliphatic heterocycles. The highest BCUT2D eigenvalue weighted by atomic mass is 32.1. The van der Waals surface area contributed by atoms with Crippen LogP contribution in [0.15, 0.2) is 107 Å². The van der Waals surface area contributed by atoms with Crippen LogP contribution < -0.4 is 5.36 Å². The van der Waals surface area contributed by atoms with Crippen molar-refractivity contribution >= 4 is 37.2 Å². The molecule has 29 heavy (non-hydrogen) atoms. The van der Waals surface area contributed by atoms with Gasteiger partial charge in [-0.2, -0.15) is 0 Å². The predicted octanol–water partition coefficient (Wildman–Crippen LogP) is 6.39. The average Bonchev–Trinajstić information content (AvgIpc) is 3.10. The summed E-state index contributed by atoms with van der Waals surface area (Å²) < 4.78 is 2.44. The third-order valence-corrected chi connectivity index (χ3v) is 6.56. The summed E-state index contributed by atoms with van der Waals surface area (Å²) in [6, 6.07) is 33.7. The van der Waals surface area contributed by atoms with Gasteiger partial charge in [0.05, 0.1) is 0 Å². The monoisotopic (exact) mass is 388 g/mol. The highest BCUT2D eigenvalue weighted by molar-refractivity contribution is 7.24. The Hall–Kier alpha value is -3.56. The molecule has 1 aliphatic rings. The van der Waals surface area contributed by atoms with E-state index in [0.29, 0.717) is 0 Å². The van der Waals surface area contributed by atoms with E-state index in [0.717, 1.165) is 33.0 Å². The molecule has 0 bridgehead atoms. The topological polar surface area (TPSA) is 24.7 Å². The maximum atomic E-state index is 4.84. The second-order valence-corrected chi connectivity index (χ2v) is 8.17. The maximum Gasteiger partial charge on any atom is 0.103 e. The summed E-state index contributed by atoms with van der Waals surface area (Å²) in [5.41, 5.74) is 5.68. The first kappa shape index (κ1) is 16.4. The van der Waals surface area contributed by atoms with Crippen LogP contribution in [0.4, 0.5) is 0 Å². The Bertz CT molecular complexity index is 1400. The molecule has 3 heteroatoms. The van der Waals surface area contributed by atoms with Gasteiger partial charge in [0.25, 0.3) is 0 Å². The van der Waals surface area contributed by atoms with Crippen LogP contribution in [-0.4, -0.2) is 5.71 Å². The van der Waals surface area contributed by atoms with Crippen molar-refractivity contribution in [3.05, 3.63) is 114 Å². The second kappa shape index (κ2) is 6.50. The Morgan fingerprint density at radius 1 is 0.448 bits per heavy atom. The Labute approximate surface area is 172 Å². The van der Waals surface area contributed by atoms with Crippen LogP contribution in [0.3, 0.4) is 0 Å². The third kappa shape index (κ3) is 2.55. The average molecular weight is 388 g/mol. The van der Waals surface area contributed by atoms with Crippen molar-refractivity contribution < 1.29 is 0 Å². The fraction of sp³-hybridized carbons (Fsp3) is 0. The zero-order valence-electron chi connectivity index (χ0n) is 15.5. The zero-order chi connectivity index (χ0) is 19.2. The molecule has 0 saturated heterocycles. The summed E-state index contributed by atoms with van der Waals surface area (Å²) in [7, 11) is 0. The van der Waals surface area contributed by atoms with Crippen LogP contribution in [0.25, 0.3) is 31.3 Å². The van der Waals surface area contributed by atoms with Gasteiger partial charge in [0.15, 0.2) is 0 Å². The van der Waals surface area contributed by atoms with Crippen molar-refractivity contribution in [2.24, 2.45) is 10.2 Å². The van der Waals surface area contributed by atoms with Crippen molar-refractivity contribution in [3.8, 4) is 11.1 Å². The molecule has 5 aromatic rings. The second-order valence-electron chi connectivity index (χ2n) is 7.08. The van der Waals surface area contributed by atoms with Crippen LogP contribution in [0, 0.1) is 0 Å². The molecule has 6 rings (SSSR count). The molecule has 0 unspecified atom stereocenters. The van der Waals surface area contributed by atoms with Crippen LogP contribution in [0.2, 0.25) is 0 Å². The predicted molar refractivity (Wildman–Crippen MR) is 122 cm³/mol. The van der Waals surface area contributed by atoms with Gasteiger partial charge in [0.1, 0.15) is 11.1 Å². The number of nitrogens with zero attached hydrogens (tertiary/aromatic N) is 2. The number of hydrogen-bond donors (Lipinski definition) is 0. The van der Waals surface area contributed by atoms with Crippen molar-refractivity contribution in [1.82, 2.24) is 0 Å². The standard InChI is InChI=1S/C26H16N2S/c1-3-11-19-17(9-1)18-10-2-4-12-20(18)25(19)27-28-26-21-13-5-7-15-23(21)29-24-16-8-6-14-22(24)26/h1-16H. The summed E-state index contributed by atoms with van der Waals surface area (Å²) >= 11 is 1.79. The number of fused-ring (bicyclic) bond motifs is 5. The fourth-order valence-corrected chi connectivity index (χ4v) is 5.16. The lowest BCUT2D eigenvalue weighted by molar-refractivity contribution is 1.16. The molecule has 4 aromatic carbocycles. The Morgan fingerprint density at radius 2 is 0.897 bits per heavy atom. The zero-order valence-corrected chi connectivity index (χ0v) is 16.4. The highest BCUT2D eigenvalue weighted by Gasteiger charge is 2.23. The van der Waals surface area contributed by atoms with E-state index >= 15 is 0 Å². The molecule has 136 valence electrons. The minimum absolute atomic E-state index is 0.935. The smallest absolute Gasteiger partial charge is 0.103 e. The molecular formula is C26H16N2S. The van der Waals surface area contributed by atoms with Crippen LogP contribution in [0.5, 0.6) is 0 Å². The van der Waals surface area contributed by atoms with Crippen LogP contribution >= 0.6 is 11.3 Å². The van der Waals surface area contributed by atoms with Gasteiger partial charge in [0, 0.05) is 31.3 Å². The van der Waals surface area contributed by atoms with E-state index in [9.17, 15) is 0 Å². The Kier molecular flexibility index (Phi) is 3.68. The molecule has 0 amide bonds. The maximum absolute atomic E-state index is 4.84. The van der Waals surface area contributed by atoms with Gasteiger partial charge in [-0.25, -0.2) is 0 Å².